The number of pyridine rings is 1. The van der Waals surface area contributed by atoms with E-state index >= 15 is 0 Å². The molecule has 0 N–H and O–H groups in total. The second kappa shape index (κ2) is 9.34. The number of allylic oxidation sites excluding steroid dienone is 2. The van der Waals surface area contributed by atoms with Gasteiger partial charge >= 0.3 is 0 Å². The van der Waals surface area contributed by atoms with Gasteiger partial charge in [-0.2, -0.15) is 0 Å². The van der Waals surface area contributed by atoms with E-state index in [1.165, 1.54) is 11.1 Å². The Morgan fingerprint density at radius 2 is 1.91 bits per heavy atom. The van der Waals surface area contributed by atoms with Crippen molar-refractivity contribution in [2.45, 2.75) is 76.9 Å². The molecule has 6 heteroatoms. The number of ketones is 1. The molecule has 2 heterocycles. The number of nitrogens with zero attached hydrogens (tertiary/aromatic N) is 4. The Kier molecular flexibility index (Phi) is 6.28. The summed E-state index contributed by atoms with van der Waals surface area (Å²) in [5.74, 6) is 1.22. The minimum absolute atomic E-state index is 0.207. The second-order valence-corrected chi connectivity index (χ2v) is 10.2. The summed E-state index contributed by atoms with van der Waals surface area (Å²) in [6.45, 7) is 2.01. The minimum Gasteiger partial charge on any atom is -0.474 e. The van der Waals surface area contributed by atoms with Crippen LogP contribution in [0.4, 0.5) is 0 Å². The third-order valence-electron chi connectivity index (χ3n) is 7.60. The molecule has 33 heavy (non-hydrogen) atoms. The number of carbonyl (C=O) groups is 1. The average molecular weight is 447 g/mol. The summed E-state index contributed by atoms with van der Waals surface area (Å²) < 4.78 is 6.50. The zero-order chi connectivity index (χ0) is 22.9. The number of aryl methyl sites for hydroxylation is 1. The first-order chi connectivity index (χ1) is 16.0. The fourth-order valence-electron chi connectivity index (χ4n) is 5.77. The fraction of sp³-hybridized carbons (Fsp3) is 0.556. The highest BCUT2D eigenvalue weighted by Crippen LogP contribution is 2.50. The van der Waals surface area contributed by atoms with Gasteiger partial charge in [0.25, 0.3) is 0 Å². The molecular weight excluding hydrogens is 412 g/mol. The van der Waals surface area contributed by atoms with Crippen LogP contribution in [0.2, 0.25) is 0 Å². The number of Topliss-reactive ketones (excluding diaryl/α,β-unsaturated/α-hetero) is 1. The van der Waals surface area contributed by atoms with Gasteiger partial charge in [0.1, 0.15) is 18.2 Å². The van der Waals surface area contributed by atoms with Gasteiger partial charge in [0.05, 0.1) is 11.3 Å². The van der Waals surface area contributed by atoms with Crippen molar-refractivity contribution in [3.8, 4) is 5.88 Å². The van der Waals surface area contributed by atoms with Crippen LogP contribution in [0.3, 0.4) is 0 Å². The third-order valence-corrected chi connectivity index (χ3v) is 7.60. The first-order valence-corrected chi connectivity index (χ1v) is 12.3. The van der Waals surface area contributed by atoms with E-state index in [-0.39, 0.29) is 17.8 Å². The molecule has 0 bridgehead atoms. The first-order valence-electron chi connectivity index (χ1n) is 12.3. The molecule has 0 amide bonds. The molecule has 1 atom stereocenters. The van der Waals surface area contributed by atoms with Crippen molar-refractivity contribution in [3.63, 3.8) is 0 Å². The van der Waals surface area contributed by atoms with Gasteiger partial charge in [-0.3, -0.25) is 9.78 Å². The number of hydrogen-bond acceptors (Lipinski definition) is 6. The van der Waals surface area contributed by atoms with E-state index in [1.54, 1.807) is 6.33 Å². The van der Waals surface area contributed by atoms with E-state index in [0.717, 1.165) is 73.3 Å². The maximum absolute atomic E-state index is 12.9. The predicted molar refractivity (Wildman–Crippen MR) is 128 cm³/mol. The van der Waals surface area contributed by atoms with Gasteiger partial charge in [-0.15, -0.1) is 0 Å². The van der Waals surface area contributed by atoms with Gasteiger partial charge in [-0.05, 0) is 82.7 Å². The van der Waals surface area contributed by atoms with E-state index in [1.807, 2.05) is 25.3 Å². The van der Waals surface area contributed by atoms with Crippen LogP contribution in [-0.2, 0) is 17.6 Å². The predicted octanol–water partition coefficient (Wildman–Crippen LogP) is 4.35. The SMILES string of the molecule is Cc1ccc(CC(=O)C[C@H]2CCC3=C2c2c(ncnc2OC2CCC(N(C)C)CC2)C3)nc1. The average Bonchev–Trinajstić information content (AvgIpc) is 3.36. The maximum atomic E-state index is 12.9. The molecule has 0 unspecified atom stereocenters. The highest BCUT2D eigenvalue weighted by Gasteiger charge is 2.37. The van der Waals surface area contributed by atoms with Gasteiger partial charge in [-0.1, -0.05) is 11.6 Å². The summed E-state index contributed by atoms with van der Waals surface area (Å²) in [6, 6.07) is 4.62. The Morgan fingerprint density at radius 3 is 2.64 bits per heavy atom. The van der Waals surface area contributed by atoms with Gasteiger partial charge < -0.3 is 9.64 Å². The molecule has 2 aromatic rings. The molecule has 0 aliphatic heterocycles. The number of carbonyl (C=O) groups excluding carboxylic acids is 1. The highest BCUT2D eigenvalue weighted by atomic mass is 16.5. The summed E-state index contributed by atoms with van der Waals surface area (Å²) in [4.78, 5) is 28.8. The zero-order valence-corrected chi connectivity index (χ0v) is 20.0. The van der Waals surface area contributed by atoms with E-state index in [2.05, 4.69) is 33.9 Å². The molecule has 0 saturated heterocycles. The molecule has 0 aromatic carbocycles. The number of rotatable bonds is 7. The van der Waals surface area contributed by atoms with Crippen molar-refractivity contribution in [1.82, 2.24) is 19.9 Å². The molecule has 3 aliphatic rings. The largest absolute Gasteiger partial charge is 0.474 e. The standard InChI is InChI=1S/C27H34N4O2/c1-17-4-7-20(28-15-17)14-22(32)12-18-5-6-19-13-24-26(25(18)19)27(30-16-29-24)33-23-10-8-21(9-11-23)31(2)3/h4,7,15-16,18,21,23H,5-6,8-14H2,1-3H3/t18-,21?,23?/m1/s1. The zero-order valence-electron chi connectivity index (χ0n) is 20.0. The first kappa shape index (κ1) is 22.2. The lowest BCUT2D eigenvalue weighted by Gasteiger charge is -2.32. The fourth-order valence-corrected chi connectivity index (χ4v) is 5.77. The molecule has 174 valence electrons. The summed E-state index contributed by atoms with van der Waals surface area (Å²) >= 11 is 0. The number of hydrogen-bond donors (Lipinski definition) is 0. The van der Waals surface area contributed by atoms with Crippen molar-refractivity contribution in [2.24, 2.45) is 5.92 Å². The van der Waals surface area contributed by atoms with E-state index in [9.17, 15) is 4.79 Å². The van der Waals surface area contributed by atoms with Crippen molar-refractivity contribution in [1.29, 1.82) is 0 Å². The summed E-state index contributed by atoms with van der Waals surface area (Å²) in [5, 5.41) is 0. The lowest BCUT2D eigenvalue weighted by Crippen LogP contribution is -2.35. The summed E-state index contributed by atoms with van der Waals surface area (Å²) in [5.41, 5.74) is 6.86. The van der Waals surface area contributed by atoms with Crippen molar-refractivity contribution in [3.05, 3.63) is 52.7 Å². The molecular formula is C27H34N4O2. The van der Waals surface area contributed by atoms with Crippen LogP contribution in [0.15, 0.2) is 30.2 Å². The van der Waals surface area contributed by atoms with Crippen LogP contribution in [0.1, 0.15) is 67.5 Å². The molecule has 1 fully saturated rings. The van der Waals surface area contributed by atoms with Crippen LogP contribution in [0.5, 0.6) is 5.88 Å². The monoisotopic (exact) mass is 446 g/mol. The maximum Gasteiger partial charge on any atom is 0.224 e. The van der Waals surface area contributed by atoms with Crippen LogP contribution < -0.4 is 4.74 Å². The van der Waals surface area contributed by atoms with Gasteiger partial charge in [0.2, 0.25) is 5.88 Å². The van der Waals surface area contributed by atoms with Crippen LogP contribution in [0.25, 0.3) is 5.57 Å². The Balaban J connectivity index is 1.29. The molecule has 3 aliphatic carbocycles. The minimum atomic E-state index is 0.207. The summed E-state index contributed by atoms with van der Waals surface area (Å²) in [7, 11) is 4.32. The Bertz CT molecular complexity index is 1050. The third kappa shape index (κ3) is 4.72. The second-order valence-electron chi connectivity index (χ2n) is 10.2. The van der Waals surface area contributed by atoms with Crippen LogP contribution in [-0.4, -0.2) is 51.9 Å². The molecule has 1 saturated carbocycles. The molecule has 0 spiro atoms. The van der Waals surface area contributed by atoms with Crippen molar-refractivity contribution >= 4 is 11.4 Å². The molecule has 5 rings (SSSR count). The van der Waals surface area contributed by atoms with Crippen molar-refractivity contribution < 1.29 is 9.53 Å². The lowest BCUT2D eigenvalue weighted by atomic mass is 9.90. The normalized spacial score (nSPS) is 24.2. The van der Waals surface area contributed by atoms with E-state index in [4.69, 9.17) is 4.74 Å². The number of fused-ring (bicyclic) bond motifs is 2. The molecule has 6 nitrogen and oxygen atoms in total. The Hall–Kier alpha value is -2.60. The van der Waals surface area contributed by atoms with Crippen molar-refractivity contribution in [2.75, 3.05) is 14.1 Å². The Morgan fingerprint density at radius 1 is 1.09 bits per heavy atom. The van der Waals surface area contributed by atoms with Gasteiger partial charge in [0, 0.05) is 37.2 Å². The van der Waals surface area contributed by atoms with Gasteiger partial charge in [-0.25, -0.2) is 9.97 Å². The van der Waals surface area contributed by atoms with Crippen LogP contribution >= 0.6 is 0 Å². The highest BCUT2D eigenvalue weighted by molar-refractivity contribution is 5.87. The van der Waals surface area contributed by atoms with E-state index < -0.39 is 0 Å². The summed E-state index contributed by atoms with van der Waals surface area (Å²) in [6.07, 6.45) is 12.0. The van der Waals surface area contributed by atoms with E-state index in [0.29, 0.717) is 18.9 Å². The molecule has 0 radical (unpaired) electrons. The Labute approximate surface area is 196 Å². The topological polar surface area (TPSA) is 68.2 Å². The smallest absolute Gasteiger partial charge is 0.224 e. The quantitative estimate of drug-likeness (QED) is 0.630. The lowest BCUT2D eigenvalue weighted by molar-refractivity contribution is -0.119. The number of aromatic nitrogens is 3. The van der Waals surface area contributed by atoms with Crippen LogP contribution in [0, 0.1) is 12.8 Å². The number of ether oxygens (including phenoxy) is 1. The van der Waals surface area contributed by atoms with Gasteiger partial charge in [0.15, 0.2) is 0 Å². The molecule has 2 aromatic heterocycles.